The molecule has 4 heteroatoms. The summed E-state index contributed by atoms with van der Waals surface area (Å²) in [5, 5.41) is 0.615. The molecular formula is C23H25NO3. The topological polar surface area (TPSA) is 42.7 Å². The molecule has 0 aliphatic carbocycles. The Morgan fingerprint density at radius 3 is 2.44 bits per heavy atom. The largest absolute Gasteiger partial charge is 0.440 e. The third-order valence-electron chi connectivity index (χ3n) is 5.09. The minimum absolute atomic E-state index is 0.00611. The standard InChI is InChI=1S/C23H25NO3/c1-23(2,3)19-7-5-4-6-17(19)16-8-9-18-20(25)15-22(27-21(18)14-16)24-10-12-26-13-11-24/h4-9,14-15H,10-13H2,1-3H3. The van der Waals surface area contributed by atoms with Gasteiger partial charge in [0, 0.05) is 19.2 Å². The number of benzene rings is 2. The summed E-state index contributed by atoms with van der Waals surface area (Å²) in [7, 11) is 0. The highest BCUT2D eigenvalue weighted by molar-refractivity contribution is 5.84. The summed E-state index contributed by atoms with van der Waals surface area (Å²) in [6.07, 6.45) is 0. The fraction of sp³-hybridized carbons (Fsp3) is 0.348. The van der Waals surface area contributed by atoms with E-state index in [-0.39, 0.29) is 10.8 Å². The number of morpholine rings is 1. The third-order valence-corrected chi connectivity index (χ3v) is 5.09. The quantitative estimate of drug-likeness (QED) is 0.668. The maximum absolute atomic E-state index is 12.6. The zero-order valence-electron chi connectivity index (χ0n) is 16.1. The number of anilines is 1. The highest BCUT2D eigenvalue weighted by Gasteiger charge is 2.19. The molecule has 0 atom stereocenters. The molecule has 2 heterocycles. The molecule has 0 spiro atoms. The van der Waals surface area contributed by atoms with Crippen molar-refractivity contribution in [3.8, 4) is 11.1 Å². The van der Waals surface area contributed by atoms with E-state index in [4.69, 9.17) is 9.15 Å². The van der Waals surface area contributed by atoms with Gasteiger partial charge in [-0.3, -0.25) is 4.79 Å². The number of nitrogens with zero attached hydrogens (tertiary/aromatic N) is 1. The van der Waals surface area contributed by atoms with Gasteiger partial charge >= 0.3 is 0 Å². The molecule has 4 rings (SSSR count). The van der Waals surface area contributed by atoms with Crippen LogP contribution in [-0.2, 0) is 10.2 Å². The van der Waals surface area contributed by atoms with Gasteiger partial charge in [0.05, 0.1) is 18.6 Å². The predicted octanol–water partition coefficient (Wildman–Crippen LogP) is 4.59. The van der Waals surface area contributed by atoms with E-state index in [9.17, 15) is 4.79 Å². The molecule has 1 aliphatic rings. The fourth-order valence-corrected chi connectivity index (χ4v) is 3.64. The highest BCUT2D eigenvalue weighted by atomic mass is 16.5. The van der Waals surface area contributed by atoms with Crippen molar-refractivity contribution in [3.05, 3.63) is 64.3 Å². The molecule has 0 N–H and O–H groups in total. The van der Waals surface area contributed by atoms with Crippen LogP contribution in [0, 0.1) is 0 Å². The Bertz CT molecular complexity index is 1020. The molecule has 4 nitrogen and oxygen atoms in total. The summed E-state index contributed by atoms with van der Waals surface area (Å²) in [6.45, 7) is 9.42. The van der Waals surface area contributed by atoms with E-state index in [1.54, 1.807) is 6.07 Å². The monoisotopic (exact) mass is 363 g/mol. The average molecular weight is 363 g/mol. The number of rotatable bonds is 2. The Balaban J connectivity index is 1.84. The molecule has 0 bridgehead atoms. The van der Waals surface area contributed by atoms with Crippen molar-refractivity contribution in [1.29, 1.82) is 0 Å². The van der Waals surface area contributed by atoms with Gasteiger partial charge in [-0.2, -0.15) is 0 Å². The van der Waals surface area contributed by atoms with Crippen LogP contribution in [0.15, 0.2) is 57.7 Å². The smallest absolute Gasteiger partial charge is 0.200 e. The van der Waals surface area contributed by atoms with Crippen molar-refractivity contribution < 1.29 is 9.15 Å². The molecule has 1 aliphatic heterocycles. The third kappa shape index (κ3) is 3.50. The molecule has 1 saturated heterocycles. The maximum Gasteiger partial charge on any atom is 0.200 e. The van der Waals surface area contributed by atoms with Crippen molar-refractivity contribution in [3.63, 3.8) is 0 Å². The van der Waals surface area contributed by atoms with Crippen LogP contribution in [0.25, 0.3) is 22.1 Å². The lowest BCUT2D eigenvalue weighted by Gasteiger charge is -2.27. The molecule has 3 aromatic rings. The van der Waals surface area contributed by atoms with E-state index in [1.807, 2.05) is 18.2 Å². The first-order valence-corrected chi connectivity index (χ1v) is 9.44. The SMILES string of the molecule is CC(C)(C)c1ccccc1-c1ccc2c(=O)cc(N3CCOCC3)oc2c1. The van der Waals surface area contributed by atoms with Crippen molar-refractivity contribution in [2.24, 2.45) is 0 Å². The summed E-state index contributed by atoms with van der Waals surface area (Å²) in [4.78, 5) is 14.7. The van der Waals surface area contributed by atoms with Crippen molar-refractivity contribution in [1.82, 2.24) is 0 Å². The zero-order chi connectivity index (χ0) is 19.0. The first-order valence-electron chi connectivity index (χ1n) is 9.44. The first-order chi connectivity index (χ1) is 12.9. The molecule has 0 saturated carbocycles. The van der Waals surface area contributed by atoms with Gasteiger partial charge in [0.2, 0.25) is 0 Å². The van der Waals surface area contributed by atoms with Crippen LogP contribution in [0.2, 0.25) is 0 Å². The molecule has 0 unspecified atom stereocenters. The Labute approximate surface area is 159 Å². The van der Waals surface area contributed by atoms with Crippen molar-refractivity contribution >= 4 is 16.9 Å². The number of ether oxygens (including phenoxy) is 1. The molecule has 2 aromatic carbocycles. The van der Waals surface area contributed by atoms with Crippen molar-refractivity contribution in [2.75, 3.05) is 31.2 Å². The number of hydrogen-bond acceptors (Lipinski definition) is 4. The Kier molecular flexibility index (Phi) is 4.52. The van der Waals surface area contributed by atoms with E-state index >= 15 is 0 Å². The van der Waals surface area contributed by atoms with E-state index in [0.29, 0.717) is 30.1 Å². The molecule has 1 aromatic heterocycles. The van der Waals surface area contributed by atoms with Crippen LogP contribution in [-0.4, -0.2) is 26.3 Å². The zero-order valence-corrected chi connectivity index (χ0v) is 16.1. The minimum atomic E-state index is -0.00611. The summed E-state index contributed by atoms with van der Waals surface area (Å²) < 4.78 is 11.5. The molecule has 0 radical (unpaired) electrons. The predicted molar refractivity (Wildman–Crippen MR) is 110 cm³/mol. The van der Waals surface area contributed by atoms with Gasteiger partial charge in [-0.05, 0) is 34.2 Å². The second-order valence-electron chi connectivity index (χ2n) is 8.05. The summed E-state index contributed by atoms with van der Waals surface area (Å²) in [5.41, 5.74) is 4.17. The number of fused-ring (bicyclic) bond motifs is 1. The van der Waals surface area contributed by atoms with E-state index in [1.165, 1.54) is 11.1 Å². The molecule has 1 fully saturated rings. The van der Waals surface area contributed by atoms with Gasteiger partial charge in [-0.15, -0.1) is 0 Å². The van der Waals surface area contributed by atoms with Crippen LogP contribution < -0.4 is 10.3 Å². The minimum Gasteiger partial charge on any atom is -0.440 e. The summed E-state index contributed by atoms with van der Waals surface area (Å²) in [6, 6.07) is 15.9. The number of hydrogen-bond donors (Lipinski definition) is 0. The van der Waals surface area contributed by atoms with Gasteiger partial charge in [0.1, 0.15) is 5.58 Å². The molecule has 140 valence electrons. The normalized spacial score (nSPS) is 15.3. The second kappa shape index (κ2) is 6.86. The Morgan fingerprint density at radius 1 is 0.963 bits per heavy atom. The van der Waals surface area contributed by atoms with Crippen molar-refractivity contribution in [2.45, 2.75) is 26.2 Å². The highest BCUT2D eigenvalue weighted by Crippen LogP contribution is 2.34. The fourth-order valence-electron chi connectivity index (χ4n) is 3.64. The summed E-state index contributed by atoms with van der Waals surface area (Å²) >= 11 is 0. The molecule has 0 amide bonds. The van der Waals surface area contributed by atoms with Gasteiger partial charge in [-0.1, -0.05) is 51.1 Å². The van der Waals surface area contributed by atoms with Crippen LogP contribution >= 0.6 is 0 Å². The Hall–Kier alpha value is -2.59. The van der Waals surface area contributed by atoms with Gasteiger partial charge < -0.3 is 14.1 Å². The van der Waals surface area contributed by atoms with E-state index in [2.05, 4.69) is 49.9 Å². The lowest BCUT2D eigenvalue weighted by Crippen LogP contribution is -2.36. The maximum atomic E-state index is 12.6. The Morgan fingerprint density at radius 2 is 1.70 bits per heavy atom. The lowest BCUT2D eigenvalue weighted by atomic mass is 9.82. The van der Waals surface area contributed by atoms with Gasteiger partial charge in [0.25, 0.3) is 0 Å². The van der Waals surface area contributed by atoms with Crippen LogP contribution in [0.4, 0.5) is 5.88 Å². The average Bonchev–Trinajstić information content (AvgIpc) is 2.67. The summed E-state index contributed by atoms with van der Waals surface area (Å²) in [5.74, 6) is 0.622. The van der Waals surface area contributed by atoms with Gasteiger partial charge in [-0.25, -0.2) is 0 Å². The lowest BCUT2D eigenvalue weighted by molar-refractivity contribution is 0.121. The van der Waals surface area contributed by atoms with Crippen LogP contribution in [0.5, 0.6) is 0 Å². The van der Waals surface area contributed by atoms with E-state index < -0.39 is 0 Å². The molecule has 27 heavy (non-hydrogen) atoms. The second-order valence-corrected chi connectivity index (χ2v) is 8.05. The molecular weight excluding hydrogens is 338 g/mol. The van der Waals surface area contributed by atoms with Crippen LogP contribution in [0.3, 0.4) is 0 Å². The van der Waals surface area contributed by atoms with Crippen LogP contribution in [0.1, 0.15) is 26.3 Å². The van der Waals surface area contributed by atoms with E-state index in [0.717, 1.165) is 18.7 Å². The first kappa shape index (κ1) is 17.8. The van der Waals surface area contributed by atoms with Gasteiger partial charge in [0.15, 0.2) is 11.3 Å².